The van der Waals surface area contributed by atoms with Crippen molar-refractivity contribution in [1.29, 1.82) is 0 Å². The first-order valence-corrected chi connectivity index (χ1v) is 5.21. The van der Waals surface area contributed by atoms with Gasteiger partial charge in [0.15, 0.2) is 5.96 Å². The fourth-order valence-corrected chi connectivity index (χ4v) is 1.17. The van der Waals surface area contributed by atoms with E-state index in [4.69, 9.17) is 5.73 Å². The zero-order valence-corrected chi connectivity index (χ0v) is 8.93. The molecule has 76 valence electrons. The van der Waals surface area contributed by atoms with Crippen molar-refractivity contribution in [2.75, 3.05) is 0 Å². The van der Waals surface area contributed by atoms with E-state index in [-0.39, 0.29) is 5.54 Å². The van der Waals surface area contributed by atoms with E-state index in [2.05, 4.69) is 31.1 Å². The van der Waals surface area contributed by atoms with Crippen LogP contribution in [0.25, 0.3) is 0 Å². The summed E-state index contributed by atoms with van der Waals surface area (Å²) in [5.74, 6) is 0.619. The van der Waals surface area contributed by atoms with Crippen molar-refractivity contribution in [1.82, 2.24) is 5.32 Å². The molecule has 0 radical (unpaired) electrons. The van der Waals surface area contributed by atoms with Crippen LogP contribution < -0.4 is 11.1 Å². The average Bonchev–Trinajstić information content (AvgIpc) is 2.88. The molecule has 0 aromatic rings. The molecule has 0 aliphatic heterocycles. The van der Waals surface area contributed by atoms with Gasteiger partial charge in [-0.2, -0.15) is 0 Å². The van der Waals surface area contributed by atoms with Gasteiger partial charge in [0.05, 0.1) is 6.04 Å². The van der Waals surface area contributed by atoms with Gasteiger partial charge in [0.1, 0.15) is 0 Å². The summed E-state index contributed by atoms with van der Waals surface area (Å²) >= 11 is 0. The molecule has 0 bridgehead atoms. The molecule has 0 saturated heterocycles. The second-order valence-corrected chi connectivity index (χ2v) is 4.14. The van der Waals surface area contributed by atoms with Crippen molar-refractivity contribution in [2.45, 2.75) is 58.0 Å². The molecule has 1 rings (SSSR count). The van der Waals surface area contributed by atoms with Crippen LogP contribution in [0.5, 0.6) is 0 Å². The van der Waals surface area contributed by atoms with Crippen molar-refractivity contribution in [3.63, 3.8) is 0 Å². The molecule has 0 amide bonds. The maximum absolute atomic E-state index is 5.79. The lowest BCUT2D eigenvalue weighted by Crippen LogP contribution is -2.48. The van der Waals surface area contributed by atoms with Crippen LogP contribution in [0.2, 0.25) is 0 Å². The molecule has 3 nitrogen and oxygen atoms in total. The number of rotatable bonds is 4. The number of hydrogen-bond acceptors (Lipinski definition) is 1. The van der Waals surface area contributed by atoms with Crippen molar-refractivity contribution in [3.8, 4) is 0 Å². The molecule has 0 atom stereocenters. The Morgan fingerprint density at radius 1 is 1.46 bits per heavy atom. The third kappa shape index (κ3) is 3.25. The summed E-state index contributed by atoms with van der Waals surface area (Å²) in [6.07, 6.45) is 4.56. The highest BCUT2D eigenvalue weighted by atomic mass is 15.1. The molecule has 0 unspecified atom stereocenters. The lowest BCUT2D eigenvalue weighted by Gasteiger charge is -2.28. The molecule has 0 aromatic carbocycles. The first-order chi connectivity index (χ1) is 6.09. The van der Waals surface area contributed by atoms with Crippen LogP contribution in [-0.4, -0.2) is 17.5 Å². The van der Waals surface area contributed by atoms with Gasteiger partial charge in [0.2, 0.25) is 0 Å². The lowest BCUT2D eigenvalue weighted by molar-refractivity contribution is 0.387. The number of guanidine groups is 1. The molecule has 3 heteroatoms. The summed E-state index contributed by atoms with van der Waals surface area (Å²) in [4.78, 5) is 4.35. The minimum Gasteiger partial charge on any atom is -0.370 e. The van der Waals surface area contributed by atoms with E-state index < -0.39 is 0 Å². The second-order valence-electron chi connectivity index (χ2n) is 4.14. The van der Waals surface area contributed by atoms with Crippen LogP contribution >= 0.6 is 0 Å². The molecule has 3 N–H and O–H groups in total. The highest BCUT2D eigenvalue weighted by Gasteiger charge is 2.23. The standard InChI is InChI=1S/C10H21N3/c1-4-10(3,5-2)13-9(11)12-8-6-7-8/h8H,4-7H2,1-3H3,(H3,11,12,13). The smallest absolute Gasteiger partial charge is 0.189 e. The van der Waals surface area contributed by atoms with E-state index in [0.29, 0.717) is 12.0 Å². The Balaban J connectivity index is 2.44. The Kier molecular flexibility index (Phi) is 3.17. The van der Waals surface area contributed by atoms with Gasteiger partial charge >= 0.3 is 0 Å². The van der Waals surface area contributed by atoms with E-state index in [1.165, 1.54) is 12.8 Å². The first kappa shape index (κ1) is 10.4. The minimum absolute atomic E-state index is 0.114. The SMILES string of the molecule is CCC(C)(CC)NC(N)=NC1CC1. The summed E-state index contributed by atoms with van der Waals surface area (Å²) in [7, 11) is 0. The van der Waals surface area contributed by atoms with Gasteiger partial charge in [-0.05, 0) is 32.6 Å². The highest BCUT2D eigenvalue weighted by molar-refractivity contribution is 5.79. The molecule has 0 aromatic heterocycles. The molecule has 13 heavy (non-hydrogen) atoms. The van der Waals surface area contributed by atoms with Crippen molar-refractivity contribution >= 4 is 5.96 Å². The van der Waals surface area contributed by atoms with E-state index in [1.807, 2.05) is 0 Å². The van der Waals surface area contributed by atoms with Crippen LogP contribution in [-0.2, 0) is 0 Å². The van der Waals surface area contributed by atoms with Crippen molar-refractivity contribution in [3.05, 3.63) is 0 Å². The fraction of sp³-hybridized carbons (Fsp3) is 0.900. The normalized spacial score (nSPS) is 18.8. The topological polar surface area (TPSA) is 50.4 Å². The van der Waals surface area contributed by atoms with E-state index >= 15 is 0 Å². The lowest BCUT2D eigenvalue weighted by atomic mass is 9.96. The van der Waals surface area contributed by atoms with Gasteiger partial charge in [-0.3, -0.25) is 4.99 Å². The Morgan fingerprint density at radius 2 is 2.00 bits per heavy atom. The Hall–Kier alpha value is -0.730. The van der Waals surface area contributed by atoms with Crippen LogP contribution in [0, 0.1) is 0 Å². The van der Waals surface area contributed by atoms with Crippen molar-refractivity contribution < 1.29 is 0 Å². The Morgan fingerprint density at radius 3 is 2.38 bits per heavy atom. The van der Waals surface area contributed by atoms with Gasteiger partial charge in [-0.1, -0.05) is 13.8 Å². The molecule has 1 saturated carbocycles. The summed E-state index contributed by atoms with van der Waals surface area (Å²) < 4.78 is 0. The zero-order chi connectivity index (χ0) is 9.90. The van der Waals surface area contributed by atoms with Crippen LogP contribution in [0.15, 0.2) is 4.99 Å². The largest absolute Gasteiger partial charge is 0.370 e. The van der Waals surface area contributed by atoms with Gasteiger partial charge in [-0.25, -0.2) is 0 Å². The van der Waals surface area contributed by atoms with E-state index in [9.17, 15) is 0 Å². The molecule has 0 spiro atoms. The number of aliphatic imine (C=N–C) groups is 1. The maximum Gasteiger partial charge on any atom is 0.189 e. The number of nitrogens with zero attached hydrogens (tertiary/aromatic N) is 1. The van der Waals surface area contributed by atoms with Crippen LogP contribution in [0.3, 0.4) is 0 Å². The van der Waals surface area contributed by atoms with Gasteiger partial charge in [0.25, 0.3) is 0 Å². The first-order valence-electron chi connectivity index (χ1n) is 5.21. The fourth-order valence-electron chi connectivity index (χ4n) is 1.17. The molecular weight excluding hydrogens is 162 g/mol. The Bertz CT molecular complexity index is 190. The zero-order valence-electron chi connectivity index (χ0n) is 8.93. The monoisotopic (exact) mass is 183 g/mol. The molecule has 0 heterocycles. The van der Waals surface area contributed by atoms with Crippen molar-refractivity contribution in [2.24, 2.45) is 10.7 Å². The number of nitrogens with one attached hydrogen (secondary N) is 1. The average molecular weight is 183 g/mol. The van der Waals surface area contributed by atoms with Gasteiger partial charge in [0, 0.05) is 5.54 Å². The second kappa shape index (κ2) is 3.99. The van der Waals surface area contributed by atoms with Crippen LogP contribution in [0.4, 0.5) is 0 Å². The summed E-state index contributed by atoms with van der Waals surface area (Å²) in [5.41, 5.74) is 5.90. The summed E-state index contributed by atoms with van der Waals surface area (Å²) in [6.45, 7) is 6.52. The van der Waals surface area contributed by atoms with Gasteiger partial charge < -0.3 is 11.1 Å². The summed E-state index contributed by atoms with van der Waals surface area (Å²) in [6, 6.07) is 0.505. The quantitative estimate of drug-likeness (QED) is 0.514. The third-order valence-corrected chi connectivity index (χ3v) is 2.86. The number of hydrogen-bond donors (Lipinski definition) is 2. The van der Waals surface area contributed by atoms with Crippen LogP contribution in [0.1, 0.15) is 46.5 Å². The molecule has 1 aliphatic carbocycles. The van der Waals surface area contributed by atoms with E-state index in [0.717, 1.165) is 12.8 Å². The predicted molar refractivity (Wildman–Crippen MR) is 56.8 cm³/mol. The summed E-state index contributed by atoms with van der Waals surface area (Å²) in [5, 5.41) is 3.29. The maximum atomic E-state index is 5.79. The number of nitrogens with two attached hydrogens (primary N) is 1. The minimum atomic E-state index is 0.114. The Labute approximate surface area is 80.8 Å². The molecule has 1 fully saturated rings. The molecular formula is C10H21N3. The highest BCUT2D eigenvalue weighted by Crippen LogP contribution is 2.23. The predicted octanol–water partition coefficient (Wildman–Crippen LogP) is 1.63. The molecule has 1 aliphatic rings. The van der Waals surface area contributed by atoms with E-state index in [1.54, 1.807) is 0 Å². The third-order valence-electron chi connectivity index (χ3n) is 2.86. The van der Waals surface area contributed by atoms with Gasteiger partial charge in [-0.15, -0.1) is 0 Å².